The third-order valence-corrected chi connectivity index (χ3v) is 4.06. The van der Waals surface area contributed by atoms with Crippen molar-refractivity contribution in [3.8, 4) is 0 Å². The summed E-state index contributed by atoms with van der Waals surface area (Å²) < 4.78 is 5.41. The van der Waals surface area contributed by atoms with Gasteiger partial charge in [-0.2, -0.15) is 0 Å². The van der Waals surface area contributed by atoms with Gasteiger partial charge < -0.3 is 4.42 Å². The van der Waals surface area contributed by atoms with Gasteiger partial charge in [0.05, 0.1) is 12.8 Å². The second kappa shape index (κ2) is 6.93. The van der Waals surface area contributed by atoms with Crippen molar-refractivity contribution in [2.75, 3.05) is 4.90 Å². The number of amides is 1. The van der Waals surface area contributed by atoms with E-state index in [0.717, 1.165) is 0 Å². The van der Waals surface area contributed by atoms with Crippen LogP contribution in [0, 0.1) is 0 Å². The van der Waals surface area contributed by atoms with Crippen molar-refractivity contribution in [2.45, 2.75) is 32.7 Å². The number of nitrogens with zero attached hydrogens (tertiary/aromatic N) is 2. The van der Waals surface area contributed by atoms with Crippen LogP contribution in [0.15, 0.2) is 71.5 Å². The number of rotatable bonds is 4. The largest absolute Gasteiger partial charge is 0.467 e. The van der Waals surface area contributed by atoms with Crippen LogP contribution in [0.25, 0.3) is 0 Å². The molecular formula is C21H22N2O2. The fourth-order valence-electron chi connectivity index (χ4n) is 2.60. The van der Waals surface area contributed by atoms with E-state index in [1.54, 1.807) is 17.4 Å². The monoisotopic (exact) mass is 334 g/mol. The van der Waals surface area contributed by atoms with Crippen LogP contribution >= 0.6 is 0 Å². The zero-order chi connectivity index (χ0) is 17.9. The van der Waals surface area contributed by atoms with Crippen LogP contribution in [0.3, 0.4) is 0 Å². The highest BCUT2D eigenvalue weighted by Crippen LogP contribution is 2.24. The van der Waals surface area contributed by atoms with E-state index in [1.165, 1.54) is 5.56 Å². The van der Waals surface area contributed by atoms with Crippen LogP contribution in [0.2, 0.25) is 0 Å². The summed E-state index contributed by atoms with van der Waals surface area (Å²) in [7, 11) is 0. The minimum atomic E-state index is -0.101. The maximum atomic E-state index is 13.1. The molecule has 0 saturated heterocycles. The van der Waals surface area contributed by atoms with Crippen LogP contribution in [0.5, 0.6) is 0 Å². The molecule has 2 aromatic heterocycles. The lowest BCUT2D eigenvalue weighted by Gasteiger charge is -2.22. The third kappa shape index (κ3) is 3.97. The Kier molecular flexibility index (Phi) is 4.70. The lowest BCUT2D eigenvalue weighted by Crippen LogP contribution is -2.31. The number of hydrogen-bond donors (Lipinski definition) is 0. The molecule has 0 bridgehead atoms. The van der Waals surface area contributed by atoms with Gasteiger partial charge in [0.15, 0.2) is 0 Å². The fraction of sp³-hybridized carbons (Fsp3) is 0.238. The SMILES string of the molecule is CC(C)(C)c1ccc(C(=O)N(Cc2ccco2)c2ccccn2)cc1. The maximum absolute atomic E-state index is 13.1. The summed E-state index contributed by atoms with van der Waals surface area (Å²) >= 11 is 0. The first-order chi connectivity index (χ1) is 11.9. The second-order valence-electron chi connectivity index (χ2n) is 6.99. The Morgan fingerprint density at radius 2 is 1.80 bits per heavy atom. The maximum Gasteiger partial charge on any atom is 0.259 e. The number of furan rings is 1. The van der Waals surface area contributed by atoms with Crippen molar-refractivity contribution in [2.24, 2.45) is 0 Å². The number of hydrogen-bond acceptors (Lipinski definition) is 3. The molecule has 2 heterocycles. The Bertz CT molecular complexity index is 817. The second-order valence-corrected chi connectivity index (χ2v) is 6.99. The summed E-state index contributed by atoms with van der Waals surface area (Å²) in [6.45, 7) is 6.80. The molecule has 3 rings (SSSR count). The number of carbonyl (C=O) groups is 1. The van der Waals surface area contributed by atoms with Crippen molar-refractivity contribution < 1.29 is 9.21 Å². The Hall–Kier alpha value is -2.88. The molecule has 0 N–H and O–H groups in total. The van der Waals surface area contributed by atoms with Crippen LogP contribution < -0.4 is 4.90 Å². The molecule has 4 nitrogen and oxygen atoms in total. The number of pyridine rings is 1. The Morgan fingerprint density at radius 1 is 1.04 bits per heavy atom. The lowest BCUT2D eigenvalue weighted by atomic mass is 9.86. The average Bonchev–Trinajstić information content (AvgIpc) is 3.12. The zero-order valence-corrected chi connectivity index (χ0v) is 14.8. The van der Waals surface area contributed by atoms with Crippen molar-refractivity contribution in [1.29, 1.82) is 0 Å². The molecule has 1 aromatic carbocycles. The third-order valence-electron chi connectivity index (χ3n) is 4.06. The van der Waals surface area contributed by atoms with Crippen LogP contribution in [0.4, 0.5) is 5.82 Å². The standard InChI is InChI=1S/C21H22N2O2/c1-21(2,3)17-11-9-16(10-12-17)20(24)23(15-18-7-6-14-25-18)19-8-4-5-13-22-19/h4-14H,15H2,1-3H3. The molecule has 0 radical (unpaired) electrons. The predicted octanol–water partition coefficient (Wildman–Crippen LogP) is 4.82. The van der Waals surface area contributed by atoms with E-state index in [9.17, 15) is 4.79 Å². The van der Waals surface area contributed by atoms with Gasteiger partial charge in [0.2, 0.25) is 0 Å². The van der Waals surface area contributed by atoms with Gasteiger partial charge in [-0.15, -0.1) is 0 Å². The highest BCUT2D eigenvalue weighted by Gasteiger charge is 2.21. The predicted molar refractivity (Wildman–Crippen MR) is 98.6 cm³/mol. The first kappa shape index (κ1) is 17.0. The summed E-state index contributed by atoms with van der Waals surface area (Å²) in [4.78, 5) is 19.0. The van der Waals surface area contributed by atoms with Gasteiger partial charge >= 0.3 is 0 Å². The van der Waals surface area contributed by atoms with E-state index in [-0.39, 0.29) is 11.3 Å². The van der Waals surface area contributed by atoms with E-state index in [1.807, 2.05) is 54.6 Å². The molecule has 0 saturated carbocycles. The van der Waals surface area contributed by atoms with E-state index >= 15 is 0 Å². The van der Waals surface area contributed by atoms with Gasteiger partial charge in [0, 0.05) is 11.8 Å². The normalized spacial score (nSPS) is 11.3. The molecule has 25 heavy (non-hydrogen) atoms. The van der Waals surface area contributed by atoms with Gasteiger partial charge in [0.25, 0.3) is 5.91 Å². The molecule has 3 aromatic rings. The topological polar surface area (TPSA) is 46.3 Å². The van der Waals surface area contributed by atoms with Gasteiger partial charge in [-0.3, -0.25) is 9.69 Å². The molecule has 1 amide bonds. The molecule has 0 atom stereocenters. The summed E-state index contributed by atoms with van der Waals surface area (Å²) in [5.74, 6) is 1.21. The quantitative estimate of drug-likeness (QED) is 0.687. The van der Waals surface area contributed by atoms with Gasteiger partial charge in [-0.1, -0.05) is 39.0 Å². The number of carbonyl (C=O) groups excluding carboxylic acids is 1. The molecule has 0 aliphatic carbocycles. The van der Waals surface area contributed by atoms with Crippen LogP contribution in [0.1, 0.15) is 42.5 Å². The van der Waals surface area contributed by atoms with Crippen molar-refractivity contribution in [1.82, 2.24) is 4.98 Å². The highest BCUT2D eigenvalue weighted by atomic mass is 16.3. The number of aromatic nitrogens is 1. The van der Waals surface area contributed by atoms with Gasteiger partial charge in [-0.25, -0.2) is 4.98 Å². The van der Waals surface area contributed by atoms with E-state index in [0.29, 0.717) is 23.7 Å². The fourth-order valence-corrected chi connectivity index (χ4v) is 2.60. The molecule has 0 aliphatic heterocycles. The molecule has 0 spiro atoms. The molecule has 0 aliphatic rings. The molecule has 128 valence electrons. The number of benzene rings is 1. The molecule has 0 fully saturated rings. The van der Waals surface area contributed by atoms with Crippen LogP contribution in [-0.2, 0) is 12.0 Å². The smallest absolute Gasteiger partial charge is 0.259 e. The van der Waals surface area contributed by atoms with Crippen molar-refractivity contribution in [3.05, 3.63) is 83.9 Å². The Morgan fingerprint density at radius 3 is 2.36 bits per heavy atom. The summed E-state index contributed by atoms with van der Waals surface area (Å²) in [6.07, 6.45) is 3.29. The van der Waals surface area contributed by atoms with Crippen molar-refractivity contribution >= 4 is 11.7 Å². The zero-order valence-electron chi connectivity index (χ0n) is 14.8. The minimum absolute atomic E-state index is 0.0520. The van der Waals surface area contributed by atoms with E-state index < -0.39 is 0 Å². The first-order valence-electron chi connectivity index (χ1n) is 8.31. The van der Waals surface area contributed by atoms with Gasteiger partial charge in [0.1, 0.15) is 11.6 Å². The van der Waals surface area contributed by atoms with Gasteiger partial charge in [-0.05, 0) is 47.4 Å². The molecule has 4 heteroatoms. The van der Waals surface area contributed by atoms with Crippen molar-refractivity contribution in [3.63, 3.8) is 0 Å². The molecular weight excluding hydrogens is 312 g/mol. The minimum Gasteiger partial charge on any atom is -0.467 e. The summed E-state index contributed by atoms with van der Waals surface area (Å²) in [6, 6.07) is 17.0. The van der Waals surface area contributed by atoms with E-state index in [4.69, 9.17) is 4.42 Å². The lowest BCUT2D eigenvalue weighted by molar-refractivity contribution is 0.0982. The Balaban J connectivity index is 1.91. The first-order valence-corrected chi connectivity index (χ1v) is 8.31. The Labute approximate surface area is 148 Å². The molecule has 0 unspecified atom stereocenters. The average molecular weight is 334 g/mol. The van der Waals surface area contributed by atoms with Crippen LogP contribution in [-0.4, -0.2) is 10.9 Å². The van der Waals surface area contributed by atoms with E-state index in [2.05, 4.69) is 25.8 Å². The summed E-state index contributed by atoms with van der Waals surface area (Å²) in [5.41, 5.74) is 1.88. The highest BCUT2D eigenvalue weighted by molar-refractivity contribution is 6.05. The number of anilines is 1. The summed E-state index contributed by atoms with van der Waals surface area (Å²) in [5, 5.41) is 0.